The van der Waals surface area contributed by atoms with E-state index in [1.807, 2.05) is 6.07 Å². The van der Waals surface area contributed by atoms with Crippen LogP contribution in [0.2, 0.25) is 10.0 Å². The highest BCUT2D eigenvalue weighted by Gasteiger charge is 2.45. The van der Waals surface area contributed by atoms with Crippen molar-refractivity contribution in [1.82, 2.24) is 4.90 Å². The molecule has 0 aliphatic carbocycles. The molecular formula is C17H23Cl2NS. The van der Waals surface area contributed by atoms with Crippen molar-refractivity contribution < 1.29 is 0 Å². The topological polar surface area (TPSA) is 3.24 Å². The molecule has 2 aliphatic heterocycles. The molecule has 2 fully saturated rings. The van der Waals surface area contributed by atoms with Crippen molar-refractivity contribution in [3.8, 4) is 0 Å². The molecule has 0 spiro atoms. The summed E-state index contributed by atoms with van der Waals surface area (Å²) in [5, 5.41) is 1.36. The number of benzene rings is 1. The standard InChI is InChI=1S/C17H23Cl2NS/c1-3-21-10-14-13(9-12-5-7-17(14)20(12)2)11-4-6-15(18)16(19)8-11/h4,6,8,12-14,17H,3,5,7,9-10H2,1-2H3/t12-,13+,14-,17+/m1/s1. The molecule has 0 aromatic heterocycles. The Kier molecular flexibility index (Phi) is 5.10. The summed E-state index contributed by atoms with van der Waals surface area (Å²) in [5.74, 6) is 3.82. The zero-order valence-corrected chi connectivity index (χ0v) is 15.0. The summed E-state index contributed by atoms with van der Waals surface area (Å²) in [6, 6.07) is 7.74. The molecule has 2 bridgehead atoms. The zero-order chi connectivity index (χ0) is 15.0. The molecule has 1 nitrogen and oxygen atoms in total. The van der Waals surface area contributed by atoms with Gasteiger partial charge in [0, 0.05) is 12.1 Å². The van der Waals surface area contributed by atoms with Gasteiger partial charge in [-0.1, -0.05) is 36.2 Å². The second kappa shape index (κ2) is 6.70. The molecule has 0 unspecified atom stereocenters. The van der Waals surface area contributed by atoms with Gasteiger partial charge in [-0.2, -0.15) is 11.8 Å². The van der Waals surface area contributed by atoms with Gasteiger partial charge >= 0.3 is 0 Å². The second-order valence-corrected chi connectivity index (χ2v) is 8.44. The van der Waals surface area contributed by atoms with Crippen molar-refractivity contribution in [3.63, 3.8) is 0 Å². The average Bonchev–Trinajstić information content (AvgIpc) is 2.72. The van der Waals surface area contributed by atoms with E-state index in [2.05, 4.69) is 42.8 Å². The first-order chi connectivity index (χ1) is 10.1. The van der Waals surface area contributed by atoms with Crippen LogP contribution in [0.1, 0.15) is 37.7 Å². The lowest BCUT2D eigenvalue weighted by Crippen LogP contribution is -2.46. The summed E-state index contributed by atoms with van der Waals surface area (Å²) >= 11 is 14.4. The second-order valence-electron chi connectivity index (χ2n) is 6.30. The molecule has 1 aromatic rings. The van der Waals surface area contributed by atoms with Crippen LogP contribution in [-0.2, 0) is 0 Å². The molecule has 1 aromatic carbocycles. The summed E-state index contributed by atoms with van der Waals surface area (Å²) in [4.78, 5) is 2.63. The van der Waals surface area contributed by atoms with Crippen LogP contribution in [0.3, 0.4) is 0 Å². The molecule has 0 saturated carbocycles. The highest BCUT2D eigenvalue weighted by Crippen LogP contribution is 2.47. The van der Waals surface area contributed by atoms with Gasteiger partial charge in [0.15, 0.2) is 0 Å². The lowest BCUT2D eigenvalue weighted by Gasteiger charge is -2.43. The maximum absolute atomic E-state index is 6.25. The van der Waals surface area contributed by atoms with Gasteiger partial charge in [-0.3, -0.25) is 0 Å². The molecule has 0 radical (unpaired) electrons. The van der Waals surface area contributed by atoms with E-state index in [4.69, 9.17) is 23.2 Å². The van der Waals surface area contributed by atoms with Gasteiger partial charge in [-0.05, 0) is 67.3 Å². The number of piperidine rings is 1. The van der Waals surface area contributed by atoms with E-state index in [1.54, 1.807) is 0 Å². The highest BCUT2D eigenvalue weighted by molar-refractivity contribution is 7.99. The van der Waals surface area contributed by atoms with Crippen LogP contribution >= 0.6 is 35.0 Å². The van der Waals surface area contributed by atoms with Gasteiger partial charge in [0.2, 0.25) is 0 Å². The van der Waals surface area contributed by atoms with Crippen LogP contribution in [0.15, 0.2) is 18.2 Å². The monoisotopic (exact) mass is 343 g/mol. The molecule has 21 heavy (non-hydrogen) atoms. The Hall–Kier alpha value is 0.110. The van der Waals surface area contributed by atoms with E-state index >= 15 is 0 Å². The maximum Gasteiger partial charge on any atom is 0.0595 e. The molecule has 4 atom stereocenters. The molecule has 2 aliphatic rings. The fraction of sp³-hybridized carbons (Fsp3) is 0.647. The van der Waals surface area contributed by atoms with Crippen molar-refractivity contribution in [2.75, 3.05) is 18.6 Å². The van der Waals surface area contributed by atoms with E-state index in [-0.39, 0.29) is 0 Å². The molecule has 2 heterocycles. The minimum Gasteiger partial charge on any atom is -0.300 e. The summed E-state index contributed by atoms with van der Waals surface area (Å²) in [5.41, 5.74) is 1.39. The third kappa shape index (κ3) is 3.10. The van der Waals surface area contributed by atoms with Crippen LogP contribution in [0.5, 0.6) is 0 Å². The fourth-order valence-corrected chi connectivity index (χ4v) is 5.45. The van der Waals surface area contributed by atoms with Crippen LogP contribution in [0.4, 0.5) is 0 Å². The fourth-order valence-electron chi connectivity index (χ4n) is 4.18. The van der Waals surface area contributed by atoms with Gasteiger partial charge in [0.1, 0.15) is 0 Å². The van der Waals surface area contributed by atoms with Crippen molar-refractivity contribution in [1.29, 1.82) is 0 Å². The lowest BCUT2D eigenvalue weighted by atomic mass is 9.77. The summed E-state index contributed by atoms with van der Waals surface area (Å²) in [7, 11) is 2.32. The molecule has 0 amide bonds. The SMILES string of the molecule is CCSC[C@@H]1[C@H](c2ccc(Cl)c(Cl)c2)C[C@H]2CC[C@@H]1N2C. The number of thioether (sulfide) groups is 1. The van der Waals surface area contributed by atoms with E-state index < -0.39 is 0 Å². The average molecular weight is 344 g/mol. The third-order valence-electron chi connectivity index (χ3n) is 5.32. The number of fused-ring (bicyclic) bond motifs is 2. The molecular weight excluding hydrogens is 321 g/mol. The van der Waals surface area contributed by atoms with Crippen molar-refractivity contribution in [2.45, 2.75) is 44.2 Å². The van der Waals surface area contributed by atoms with Crippen molar-refractivity contribution in [2.24, 2.45) is 5.92 Å². The largest absolute Gasteiger partial charge is 0.300 e. The quantitative estimate of drug-likeness (QED) is 0.728. The molecule has 4 heteroatoms. The van der Waals surface area contributed by atoms with Crippen LogP contribution in [0.25, 0.3) is 0 Å². The number of nitrogens with zero attached hydrogens (tertiary/aromatic N) is 1. The number of rotatable bonds is 4. The van der Waals surface area contributed by atoms with Crippen molar-refractivity contribution in [3.05, 3.63) is 33.8 Å². The van der Waals surface area contributed by atoms with Gasteiger partial charge in [-0.25, -0.2) is 0 Å². The third-order valence-corrected chi connectivity index (χ3v) is 7.09. The van der Waals surface area contributed by atoms with E-state index in [1.165, 1.54) is 36.3 Å². The minimum atomic E-state index is 0.632. The summed E-state index contributed by atoms with van der Waals surface area (Å²) < 4.78 is 0. The van der Waals surface area contributed by atoms with Crippen molar-refractivity contribution >= 4 is 35.0 Å². The summed E-state index contributed by atoms with van der Waals surface area (Å²) in [6.45, 7) is 2.25. The van der Waals surface area contributed by atoms with Crippen LogP contribution in [0, 0.1) is 5.92 Å². The number of hydrogen-bond donors (Lipinski definition) is 0. The Morgan fingerprint density at radius 3 is 2.76 bits per heavy atom. The Bertz CT molecular complexity index is 508. The number of hydrogen-bond acceptors (Lipinski definition) is 2. The zero-order valence-electron chi connectivity index (χ0n) is 12.7. The maximum atomic E-state index is 6.25. The Morgan fingerprint density at radius 1 is 1.24 bits per heavy atom. The van der Waals surface area contributed by atoms with Crippen LogP contribution in [-0.4, -0.2) is 35.5 Å². The normalized spacial score (nSPS) is 32.6. The number of halogens is 2. The first-order valence-electron chi connectivity index (χ1n) is 7.86. The van der Waals surface area contributed by atoms with Gasteiger partial charge in [0.05, 0.1) is 10.0 Å². The predicted molar refractivity (Wildman–Crippen MR) is 94.9 cm³/mol. The summed E-state index contributed by atoms with van der Waals surface area (Å²) in [6.07, 6.45) is 3.97. The Morgan fingerprint density at radius 2 is 2.05 bits per heavy atom. The smallest absolute Gasteiger partial charge is 0.0595 e. The van der Waals surface area contributed by atoms with Crippen LogP contribution < -0.4 is 0 Å². The Balaban J connectivity index is 1.88. The molecule has 2 saturated heterocycles. The van der Waals surface area contributed by atoms with E-state index in [9.17, 15) is 0 Å². The minimum absolute atomic E-state index is 0.632. The first kappa shape index (κ1) is 16.0. The lowest BCUT2D eigenvalue weighted by molar-refractivity contribution is 0.112. The van der Waals surface area contributed by atoms with E-state index in [0.29, 0.717) is 16.0 Å². The predicted octanol–water partition coefficient (Wildman–Crippen LogP) is 5.31. The van der Waals surface area contributed by atoms with E-state index in [0.717, 1.165) is 18.0 Å². The molecule has 3 rings (SSSR count). The molecule has 116 valence electrons. The van der Waals surface area contributed by atoms with Gasteiger partial charge < -0.3 is 4.90 Å². The van der Waals surface area contributed by atoms with Gasteiger partial charge in [-0.15, -0.1) is 0 Å². The Labute approximate surface area is 142 Å². The van der Waals surface area contributed by atoms with Gasteiger partial charge in [0.25, 0.3) is 0 Å². The highest BCUT2D eigenvalue weighted by atomic mass is 35.5. The molecule has 0 N–H and O–H groups in total. The first-order valence-corrected chi connectivity index (χ1v) is 9.77.